The molecule has 3 aromatic carbocycles. The van der Waals surface area contributed by atoms with Gasteiger partial charge in [-0.15, -0.1) is 0 Å². The number of carbonyl (C=O) groups is 2. The van der Waals surface area contributed by atoms with Crippen molar-refractivity contribution >= 4 is 35.1 Å². The first-order valence-corrected chi connectivity index (χ1v) is 8.97. The number of carbonyl (C=O) groups excluding carboxylic acids is 2. The molecule has 28 heavy (non-hydrogen) atoms. The van der Waals surface area contributed by atoms with Gasteiger partial charge in [-0.05, 0) is 42.0 Å². The van der Waals surface area contributed by atoms with Crippen LogP contribution in [0.1, 0.15) is 21.5 Å². The zero-order chi connectivity index (χ0) is 19.9. The predicted octanol–water partition coefficient (Wildman–Crippen LogP) is 5.23. The van der Waals surface area contributed by atoms with Crippen molar-refractivity contribution in [3.8, 4) is 5.75 Å². The molecule has 0 saturated carbocycles. The molecule has 0 spiro atoms. The van der Waals surface area contributed by atoms with E-state index in [0.29, 0.717) is 21.8 Å². The van der Waals surface area contributed by atoms with Crippen molar-refractivity contribution in [1.82, 2.24) is 0 Å². The summed E-state index contributed by atoms with van der Waals surface area (Å²) >= 11 is 6.06. The summed E-state index contributed by atoms with van der Waals surface area (Å²) in [5, 5.41) is 3.17. The topological polar surface area (TPSA) is 55.4 Å². The van der Waals surface area contributed by atoms with Crippen LogP contribution in [-0.2, 0) is 4.79 Å². The Morgan fingerprint density at radius 1 is 0.964 bits per heavy atom. The predicted molar refractivity (Wildman–Crippen MR) is 112 cm³/mol. The van der Waals surface area contributed by atoms with Crippen LogP contribution in [0.15, 0.2) is 78.9 Å². The Hall–Kier alpha value is -3.37. The lowest BCUT2D eigenvalue weighted by molar-refractivity contribution is -0.111. The lowest BCUT2D eigenvalue weighted by Crippen LogP contribution is -2.12. The second kappa shape index (κ2) is 9.02. The number of rotatable bonds is 6. The lowest BCUT2D eigenvalue weighted by atomic mass is 10.0. The number of nitrogens with one attached hydrogen (secondary N) is 1. The third kappa shape index (κ3) is 4.87. The number of methoxy groups -OCH3 is 1. The molecule has 3 aromatic rings. The molecule has 1 N–H and O–H groups in total. The summed E-state index contributed by atoms with van der Waals surface area (Å²) in [7, 11) is 1.60. The van der Waals surface area contributed by atoms with Gasteiger partial charge in [0, 0.05) is 22.2 Å². The molecule has 140 valence electrons. The molecule has 0 aliphatic rings. The van der Waals surface area contributed by atoms with Crippen LogP contribution in [0.3, 0.4) is 0 Å². The van der Waals surface area contributed by atoms with Crippen LogP contribution in [-0.4, -0.2) is 18.8 Å². The first kappa shape index (κ1) is 19.4. The van der Waals surface area contributed by atoms with E-state index in [1.807, 2.05) is 30.3 Å². The summed E-state index contributed by atoms with van der Waals surface area (Å²) in [5.74, 6) is 0.185. The van der Waals surface area contributed by atoms with Crippen molar-refractivity contribution in [2.45, 2.75) is 0 Å². The van der Waals surface area contributed by atoms with Gasteiger partial charge in [-0.2, -0.15) is 0 Å². The Labute approximate surface area is 168 Å². The number of hydrogen-bond acceptors (Lipinski definition) is 3. The van der Waals surface area contributed by atoms with E-state index in [1.54, 1.807) is 55.7 Å². The molecule has 4 nitrogen and oxygen atoms in total. The summed E-state index contributed by atoms with van der Waals surface area (Å²) in [6.45, 7) is 0. The Balaban J connectivity index is 1.79. The minimum Gasteiger partial charge on any atom is -0.497 e. The normalized spacial score (nSPS) is 10.6. The van der Waals surface area contributed by atoms with E-state index in [1.165, 1.54) is 6.08 Å². The molecule has 0 saturated heterocycles. The van der Waals surface area contributed by atoms with Crippen molar-refractivity contribution in [3.63, 3.8) is 0 Å². The largest absolute Gasteiger partial charge is 0.497 e. The van der Waals surface area contributed by atoms with Crippen LogP contribution < -0.4 is 10.1 Å². The molecular formula is C23H18ClNO3. The van der Waals surface area contributed by atoms with Gasteiger partial charge in [-0.1, -0.05) is 54.1 Å². The molecule has 0 bridgehead atoms. The summed E-state index contributed by atoms with van der Waals surface area (Å²) in [6, 6.07) is 21.0. The molecule has 1 amide bonds. The first-order valence-electron chi connectivity index (χ1n) is 8.59. The Morgan fingerprint density at radius 3 is 2.36 bits per heavy atom. The van der Waals surface area contributed by atoms with Crippen molar-refractivity contribution in [2.24, 2.45) is 0 Å². The van der Waals surface area contributed by atoms with Crippen LogP contribution >= 0.6 is 11.6 Å². The zero-order valence-electron chi connectivity index (χ0n) is 15.2. The minimum atomic E-state index is -0.347. The van der Waals surface area contributed by atoms with E-state index in [2.05, 4.69) is 5.32 Å². The second-order valence-corrected chi connectivity index (χ2v) is 6.42. The fourth-order valence-electron chi connectivity index (χ4n) is 2.62. The maximum absolute atomic E-state index is 12.8. The molecule has 0 unspecified atom stereocenters. The van der Waals surface area contributed by atoms with Gasteiger partial charge in [0.05, 0.1) is 12.8 Å². The van der Waals surface area contributed by atoms with Crippen molar-refractivity contribution in [2.75, 3.05) is 12.4 Å². The number of benzene rings is 3. The van der Waals surface area contributed by atoms with Crippen molar-refractivity contribution in [3.05, 3.63) is 101 Å². The Bertz CT molecular complexity index is 1010. The van der Waals surface area contributed by atoms with Gasteiger partial charge in [0.15, 0.2) is 5.78 Å². The smallest absolute Gasteiger partial charge is 0.248 e. The number of hydrogen-bond donors (Lipinski definition) is 1. The van der Waals surface area contributed by atoms with Crippen LogP contribution in [0.25, 0.3) is 6.08 Å². The van der Waals surface area contributed by atoms with E-state index in [4.69, 9.17) is 16.3 Å². The van der Waals surface area contributed by atoms with E-state index in [-0.39, 0.29) is 11.7 Å². The van der Waals surface area contributed by atoms with Gasteiger partial charge in [0.1, 0.15) is 5.75 Å². The molecule has 0 radical (unpaired) electrons. The highest BCUT2D eigenvalue weighted by Gasteiger charge is 2.15. The van der Waals surface area contributed by atoms with Gasteiger partial charge >= 0.3 is 0 Å². The third-order valence-corrected chi connectivity index (χ3v) is 4.30. The number of halogens is 1. The van der Waals surface area contributed by atoms with Crippen LogP contribution in [0.5, 0.6) is 5.75 Å². The molecular weight excluding hydrogens is 374 g/mol. The third-order valence-electron chi connectivity index (χ3n) is 4.06. The SMILES string of the molecule is COc1ccc(C=CC(=O)Nc2ccc(Cl)cc2C(=O)c2ccccc2)cc1. The van der Waals surface area contributed by atoms with Crippen molar-refractivity contribution in [1.29, 1.82) is 0 Å². The summed E-state index contributed by atoms with van der Waals surface area (Å²) < 4.78 is 5.11. The van der Waals surface area contributed by atoms with Gasteiger partial charge in [0.2, 0.25) is 5.91 Å². The molecule has 5 heteroatoms. The zero-order valence-corrected chi connectivity index (χ0v) is 15.9. The molecule has 0 fully saturated rings. The highest BCUT2D eigenvalue weighted by molar-refractivity contribution is 6.31. The van der Waals surface area contributed by atoms with Crippen LogP contribution in [0.2, 0.25) is 5.02 Å². The highest BCUT2D eigenvalue weighted by Crippen LogP contribution is 2.24. The number of ether oxygens (including phenoxy) is 1. The molecule has 0 heterocycles. The van der Waals surface area contributed by atoms with E-state index in [0.717, 1.165) is 11.3 Å². The van der Waals surface area contributed by atoms with Gasteiger partial charge in [-0.25, -0.2) is 0 Å². The molecule has 0 aliphatic heterocycles. The fourth-order valence-corrected chi connectivity index (χ4v) is 2.79. The average molecular weight is 392 g/mol. The van der Waals surface area contributed by atoms with Crippen LogP contribution in [0, 0.1) is 0 Å². The Kier molecular flexibility index (Phi) is 6.25. The highest BCUT2D eigenvalue weighted by atomic mass is 35.5. The van der Waals surface area contributed by atoms with E-state index in [9.17, 15) is 9.59 Å². The summed E-state index contributed by atoms with van der Waals surface area (Å²) in [6.07, 6.45) is 3.09. The van der Waals surface area contributed by atoms with Crippen LogP contribution in [0.4, 0.5) is 5.69 Å². The molecule has 0 aliphatic carbocycles. The quantitative estimate of drug-likeness (QED) is 0.462. The number of amides is 1. The first-order chi connectivity index (χ1) is 13.6. The lowest BCUT2D eigenvalue weighted by Gasteiger charge is -2.10. The summed E-state index contributed by atoms with van der Waals surface area (Å²) in [4.78, 5) is 25.1. The monoisotopic (exact) mass is 391 g/mol. The second-order valence-electron chi connectivity index (χ2n) is 5.98. The maximum atomic E-state index is 12.8. The van der Waals surface area contributed by atoms with Gasteiger partial charge in [-0.3, -0.25) is 9.59 Å². The van der Waals surface area contributed by atoms with Gasteiger partial charge < -0.3 is 10.1 Å². The van der Waals surface area contributed by atoms with E-state index >= 15 is 0 Å². The number of ketones is 1. The molecule has 3 rings (SSSR count). The molecule has 0 aromatic heterocycles. The standard InChI is InChI=1S/C23H18ClNO3/c1-28-19-11-7-16(8-12-19)9-14-22(26)25-21-13-10-18(24)15-20(21)23(27)17-5-3-2-4-6-17/h2-15H,1H3,(H,25,26). The Morgan fingerprint density at radius 2 is 1.68 bits per heavy atom. The van der Waals surface area contributed by atoms with Crippen molar-refractivity contribution < 1.29 is 14.3 Å². The molecule has 0 atom stereocenters. The average Bonchev–Trinajstić information content (AvgIpc) is 2.74. The maximum Gasteiger partial charge on any atom is 0.248 e. The fraction of sp³-hybridized carbons (Fsp3) is 0.0435. The van der Waals surface area contributed by atoms with Gasteiger partial charge in [0.25, 0.3) is 0 Å². The summed E-state index contributed by atoms with van der Waals surface area (Å²) in [5.41, 5.74) is 2.12. The number of anilines is 1. The minimum absolute atomic E-state index is 0.211. The van der Waals surface area contributed by atoms with E-state index < -0.39 is 0 Å².